The van der Waals surface area contributed by atoms with Crippen molar-refractivity contribution in [2.75, 3.05) is 0 Å². The van der Waals surface area contributed by atoms with Gasteiger partial charge in [0.25, 0.3) is 0 Å². The van der Waals surface area contributed by atoms with E-state index in [9.17, 15) is 0 Å². The summed E-state index contributed by atoms with van der Waals surface area (Å²) in [6, 6.07) is 0. The van der Waals surface area contributed by atoms with Crippen LogP contribution in [0.1, 0.15) is 26.7 Å². The highest BCUT2D eigenvalue weighted by Crippen LogP contribution is 2.46. The van der Waals surface area contributed by atoms with Crippen molar-refractivity contribution < 1.29 is 5.11 Å². The van der Waals surface area contributed by atoms with E-state index in [1.807, 2.05) is 0 Å². The van der Waals surface area contributed by atoms with Crippen molar-refractivity contribution >= 4 is 0 Å². The Balaban J connectivity index is 2.59. The average molecular weight is 138 g/mol. The van der Waals surface area contributed by atoms with E-state index in [-0.39, 0.29) is 11.5 Å². The van der Waals surface area contributed by atoms with Gasteiger partial charge in [0.2, 0.25) is 0 Å². The van der Waals surface area contributed by atoms with E-state index in [1.54, 1.807) is 0 Å². The first kappa shape index (κ1) is 7.63. The largest absolute Gasteiger partial charge is 0.393 e. The molecular weight excluding hydrogens is 124 g/mol. The van der Waals surface area contributed by atoms with Crippen LogP contribution in [0.3, 0.4) is 0 Å². The second-order valence-electron chi connectivity index (χ2n) is 3.52. The molecule has 0 amide bonds. The summed E-state index contributed by atoms with van der Waals surface area (Å²) in [5.41, 5.74) is 0.0133. The number of hydrogen-bond acceptors (Lipinski definition) is 1. The third-order valence-electron chi connectivity index (χ3n) is 2.59. The second-order valence-corrected chi connectivity index (χ2v) is 3.52. The molecular formula is C9H14O. The molecule has 1 saturated carbocycles. The van der Waals surface area contributed by atoms with Crippen molar-refractivity contribution in [2.24, 2.45) is 11.3 Å². The molecule has 1 fully saturated rings. The molecule has 1 nitrogen and oxygen atoms in total. The van der Waals surface area contributed by atoms with E-state index in [0.717, 1.165) is 12.8 Å². The minimum absolute atomic E-state index is 0.0133. The number of aliphatic hydroxyl groups excluding tert-OH is 1. The maximum absolute atomic E-state index is 9.07. The van der Waals surface area contributed by atoms with Gasteiger partial charge in [-0.3, -0.25) is 0 Å². The van der Waals surface area contributed by atoms with Crippen molar-refractivity contribution in [1.82, 2.24) is 0 Å². The molecule has 0 unspecified atom stereocenters. The van der Waals surface area contributed by atoms with E-state index in [2.05, 4.69) is 19.8 Å². The van der Waals surface area contributed by atoms with Crippen LogP contribution in [0.4, 0.5) is 0 Å². The lowest BCUT2D eigenvalue weighted by Crippen LogP contribution is -2.43. The number of rotatable bonds is 1. The van der Waals surface area contributed by atoms with Crippen molar-refractivity contribution in [1.29, 1.82) is 0 Å². The van der Waals surface area contributed by atoms with Gasteiger partial charge in [0.05, 0.1) is 6.10 Å². The molecule has 1 aliphatic carbocycles. The molecule has 1 rings (SSSR count). The number of terminal acetylenes is 1. The maximum Gasteiger partial charge on any atom is 0.0569 e. The molecule has 0 heterocycles. The molecule has 56 valence electrons. The number of aliphatic hydroxyl groups is 1. The Kier molecular flexibility index (Phi) is 1.74. The summed E-state index contributed by atoms with van der Waals surface area (Å²) in [5, 5.41) is 9.07. The fourth-order valence-corrected chi connectivity index (χ4v) is 1.54. The second kappa shape index (κ2) is 2.29. The van der Waals surface area contributed by atoms with Crippen LogP contribution in [0.2, 0.25) is 0 Å². The lowest BCUT2D eigenvalue weighted by molar-refractivity contribution is -0.0217. The minimum Gasteiger partial charge on any atom is -0.393 e. The highest BCUT2D eigenvalue weighted by Gasteiger charge is 2.44. The highest BCUT2D eigenvalue weighted by atomic mass is 16.3. The Morgan fingerprint density at radius 2 is 2.10 bits per heavy atom. The zero-order valence-corrected chi connectivity index (χ0v) is 6.59. The summed E-state index contributed by atoms with van der Waals surface area (Å²) in [4.78, 5) is 0. The summed E-state index contributed by atoms with van der Waals surface area (Å²) >= 11 is 0. The molecule has 0 aliphatic heterocycles. The average Bonchev–Trinajstić information content (AvgIpc) is 1.79. The Morgan fingerprint density at radius 3 is 2.20 bits per heavy atom. The summed E-state index contributed by atoms with van der Waals surface area (Å²) in [6.45, 7) is 4.23. The Labute approximate surface area is 62.4 Å². The monoisotopic (exact) mass is 138 g/mol. The van der Waals surface area contributed by atoms with Crippen LogP contribution in [-0.2, 0) is 0 Å². The van der Waals surface area contributed by atoms with Gasteiger partial charge in [-0.1, -0.05) is 19.8 Å². The molecule has 10 heavy (non-hydrogen) atoms. The summed E-state index contributed by atoms with van der Waals surface area (Å²) in [6.07, 6.45) is 6.82. The first-order valence-electron chi connectivity index (χ1n) is 3.76. The van der Waals surface area contributed by atoms with Gasteiger partial charge < -0.3 is 5.11 Å². The van der Waals surface area contributed by atoms with Gasteiger partial charge in [-0.25, -0.2) is 0 Å². The first-order chi connectivity index (χ1) is 4.60. The van der Waals surface area contributed by atoms with Crippen molar-refractivity contribution in [3.63, 3.8) is 0 Å². The highest BCUT2D eigenvalue weighted by molar-refractivity contribution is 5.14. The topological polar surface area (TPSA) is 20.2 Å². The van der Waals surface area contributed by atoms with Crippen molar-refractivity contribution in [3.05, 3.63) is 0 Å². The Bertz CT molecular complexity index is 158. The normalized spacial score (nSPS) is 38.9. The summed E-state index contributed by atoms with van der Waals surface area (Å²) < 4.78 is 0. The van der Waals surface area contributed by atoms with Crippen LogP contribution >= 0.6 is 0 Å². The van der Waals surface area contributed by atoms with Crippen LogP contribution in [0, 0.1) is 23.7 Å². The molecule has 1 heteroatoms. The Morgan fingerprint density at radius 1 is 1.60 bits per heavy atom. The smallest absolute Gasteiger partial charge is 0.0569 e. The van der Waals surface area contributed by atoms with E-state index in [1.165, 1.54) is 0 Å². The molecule has 0 radical (unpaired) electrons. The predicted molar refractivity (Wildman–Crippen MR) is 41.3 cm³/mol. The SMILES string of the molecule is C#CC1(C(C)C)CC(O)C1. The van der Waals surface area contributed by atoms with E-state index >= 15 is 0 Å². The summed E-state index contributed by atoms with van der Waals surface area (Å²) in [5.74, 6) is 3.29. The molecule has 0 aromatic carbocycles. The zero-order valence-electron chi connectivity index (χ0n) is 6.59. The van der Waals surface area contributed by atoms with Crippen LogP contribution in [0.25, 0.3) is 0 Å². The van der Waals surface area contributed by atoms with Gasteiger partial charge in [-0.2, -0.15) is 0 Å². The van der Waals surface area contributed by atoms with Gasteiger partial charge in [0.15, 0.2) is 0 Å². The molecule has 1 N–H and O–H groups in total. The lowest BCUT2D eigenvalue weighted by Gasteiger charge is -2.44. The van der Waals surface area contributed by atoms with E-state index < -0.39 is 0 Å². The van der Waals surface area contributed by atoms with Crippen molar-refractivity contribution in [3.8, 4) is 12.3 Å². The minimum atomic E-state index is -0.140. The fraction of sp³-hybridized carbons (Fsp3) is 0.778. The molecule has 1 aliphatic rings. The van der Waals surface area contributed by atoms with Gasteiger partial charge in [-0.05, 0) is 18.8 Å². The molecule has 0 spiro atoms. The zero-order chi connectivity index (χ0) is 7.78. The van der Waals surface area contributed by atoms with Crippen LogP contribution in [0.15, 0.2) is 0 Å². The van der Waals surface area contributed by atoms with E-state index in [4.69, 9.17) is 11.5 Å². The molecule has 0 aromatic rings. The fourth-order valence-electron chi connectivity index (χ4n) is 1.54. The number of hydrogen-bond donors (Lipinski definition) is 1. The third-order valence-corrected chi connectivity index (χ3v) is 2.59. The standard InChI is InChI=1S/C9H14O/c1-4-9(7(2)3)5-8(10)6-9/h1,7-8,10H,5-6H2,2-3H3. The van der Waals surface area contributed by atoms with Gasteiger partial charge in [0.1, 0.15) is 0 Å². The van der Waals surface area contributed by atoms with Gasteiger partial charge in [-0.15, -0.1) is 6.42 Å². The summed E-state index contributed by atoms with van der Waals surface area (Å²) in [7, 11) is 0. The third kappa shape index (κ3) is 0.932. The predicted octanol–water partition coefficient (Wildman–Crippen LogP) is 1.42. The van der Waals surface area contributed by atoms with Crippen LogP contribution < -0.4 is 0 Å². The first-order valence-corrected chi connectivity index (χ1v) is 3.76. The Hall–Kier alpha value is -0.480. The van der Waals surface area contributed by atoms with Gasteiger partial charge in [0, 0.05) is 5.41 Å². The maximum atomic E-state index is 9.07. The molecule has 0 bridgehead atoms. The van der Waals surface area contributed by atoms with E-state index in [0.29, 0.717) is 5.92 Å². The van der Waals surface area contributed by atoms with Crippen LogP contribution in [-0.4, -0.2) is 11.2 Å². The quantitative estimate of drug-likeness (QED) is 0.543. The van der Waals surface area contributed by atoms with Crippen molar-refractivity contribution in [2.45, 2.75) is 32.8 Å². The van der Waals surface area contributed by atoms with Gasteiger partial charge >= 0.3 is 0 Å². The molecule has 0 aromatic heterocycles. The molecule has 0 atom stereocenters. The van der Waals surface area contributed by atoms with Crippen LogP contribution in [0.5, 0.6) is 0 Å². The lowest BCUT2D eigenvalue weighted by atomic mass is 9.61. The molecule has 0 saturated heterocycles.